The largest absolute Gasteiger partial charge is 0.619 e. The van der Waals surface area contributed by atoms with Gasteiger partial charge in [0.2, 0.25) is 23.6 Å². The van der Waals surface area contributed by atoms with Gasteiger partial charge in [-0.3, -0.25) is 24.0 Å². The Morgan fingerprint density at radius 2 is 1.39 bits per heavy atom. The fourth-order valence-electron chi connectivity index (χ4n) is 5.55. The average molecular weight is 710 g/mol. The van der Waals surface area contributed by atoms with Crippen molar-refractivity contribution >= 4 is 29.5 Å². The molecule has 0 spiro atoms. The molecule has 0 radical (unpaired) electrons. The zero-order valence-electron chi connectivity index (χ0n) is 31.5. The summed E-state index contributed by atoms with van der Waals surface area (Å²) in [6.45, 7) is 15.8. The maximum absolute atomic E-state index is 14.0. The van der Waals surface area contributed by atoms with Gasteiger partial charge in [-0.15, -0.1) is 0 Å². The molecule has 2 aromatic rings. The van der Waals surface area contributed by atoms with Gasteiger partial charge in [0.15, 0.2) is 12.4 Å². The van der Waals surface area contributed by atoms with Crippen molar-refractivity contribution in [3.05, 3.63) is 71.2 Å². The van der Waals surface area contributed by atoms with Gasteiger partial charge in [0, 0.05) is 31.3 Å². The number of hydrogen-bond acceptors (Lipinski definition) is 7. The summed E-state index contributed by atoms with van der Waals surface area (Å²) >= 11 is 0. The molecule has 0 saturated heterocycles. The fourth-order valence-corrected chi connectivity index (χ4v) is 5.55. The SMILES string of the molecule is CCNC(=O)[C@@H](NC(=O)[C@H](C)NC[C@H](CC(C)C)NC(=O)[C@H](CCc1ccccc1)NC(=O)[C@@H](NC(=O)c1cc[n+]([O-])cc1)[C@@H](C)CC)C(C)C. The number of amides is 5. The summed E-state index contributed by atoms with van der Waals surface area (Å²) in [6, 6.07) is 8.85. The molecular weight excluding hydrogens is 650 g/mol. The number of nitrogens with zero attached hydrogens (tertiary/aromatic N) is 1. The minimum Gasteiger partial charge on any atom is -0.619 e. The van der Waals surface area contributed by atoms with Gasteiger partial charge in [0.25, 0.3) is 5.91 Å². The molecule has 0 aliphatic rings. The van der Waals surface area contributed by atoms with Crippen LogP contribution in [0.4, 0.5) is 0 Å². The number of benzene rings is 1. The Balaban J connectivity index is 2.23. The number of pyridine rings is 1. The van der Waals surface area contributed by atoms with E-state index in [0.717, 1.165) is 5.56 Å². The third kappa shape index (κ3) is 14.7. The number of carbonyl (C=O) groups excluding carboxylic acids is 5. The number of carbonyl (C=O) groups is 5. The molecule has 1 heterocycles. The molecular formula is C38H59N7O6. The summed E-state index contributed by atoms with van der Waals surface area (Å²) in [5.41, 5.74) is 1.24. The zero-order chi connectivity index (χ0) is 38.1. The first-order valence-corrected chi connectivity index (χ1v) is 18.1. The maximum atomic E-state index is 14.0. The highest BCUT2D eigenvalue weighted by molar-refractivity contribution is 5.98. The van der Waals surface area contributed by atoms with Gasteiger partial charge in [-0.05, 0) is 56.4 Å². The van der Waals surface area contributed by atoms with Crippen LogP contribution in [0.3, 0.4) is 0 Å². The van der Waals surface area contributed by atoms with Crippen LogP contribution >= 0.6 is 0 Å². The van der Waals surface area contributed by atoms with E-state index in [1.807, 2.05) is 78.8 Å². The van der Waals surface area contributed by atoms with Crippen LogP contribution in [-0.4, -0.2) is 72.8 Å². The molecule has 6 N–H and O–H groups in total. The molecule has 2 rings (SSSR count). The molecule has 282 valence electrons. The number of aryl methyl sites for hydroxylation is 1. The highest BCUT2D eigenvalue weighted by Crippen LogP contribution is 2.13. The molecule has 5 amide bonds. The van der Waals surface area contributed by atoms with Crippen LogP contribution < -0.4 is 36.6 Å². The quantitative estimate of drug-likeness (QED) is 0.0849. The minimum absolute atomic E-state index is 0.110. The predicted molar refractivity (Wildman–Crippen MR) is 197 cm³/mol. The highest BCUT2D eigenvalue weighted by atomic mass is 16.5. The van der Waals surface area contributed by atoms with Crippen molar-refractivity contribution in [2.75, 3.05) is 13.1 Å². The molecule has 1 aromatic carbocycles. The van der Waals surface area contributed by atoms with Crippen molar-refractivity contribution in [3.8, 4) is 0 Å². The van der Waals surface area contributed by atoms with E-state index in [1.165, 1.54) is 24.5 Å². The van der Waals surface area contributed by atoms with E-state index >= 15 is 0 Å². The van der Waals surface area contributed by atoms with E-state index in [0.29, 0.717) is 37.0 Å². The van der Waals surface area contributed by atoms with Gasteiger partial charge in [0.05, 0.1) is 11.6 Å². The molecule has 0 fully saturated rings. The number of rotatable bonds is 21. The lowest BCUT2D eigenvalue weighted by atomic mass is 9.96. The van der Waals surface area contributed by atoms with Gasteiger partial charge in [-0.2, -0.15) is 4.73 Å². The van der Waals surface area contributed by atoms with E-state index in [1.54, 1.807) is 6.92 Å². The van der Waals surface area contributed by atoms with E-state index in [-0.39, 0.29) is 53.6 Å². The second-order valence-electron chi connectivity index (χ2n) is 14.0. The molecule has 0 unspecified atom stereocenters. The number of aromatic nitrogens is 1. The van der Waals surface area contributed by atoms with Gasteiger partial charge in [0.1, 0.15) is 18.1 Å². The average Bonchev–Trinajstić information content (AvgIpc) is 3.09. The predicted octanol–water partition coefficient (Wildman–Crippen LogP) is 2.37. The molecule has 6 atom stereocenters. The van der Waals surface area contributed by atoms with Crippen molar-refractivity contribution in [2.45, 2.75) is 111 Å². The summed E-state index contributed by atoms with van der Waals surface area (Å²) < 4.78 is 0.569. The van der Waals surface area contributed by atoms with Gasteiger partial charge in [-0.25, -0.2) is 0 Å². The Kier molecular flexibility index (Phi) is 18.1. The van der Waals surface area contributed by atoms with Crippen LogP contribution in [0.5, 0.6) is 0 Å². The standard InChI is InChI=1S/C38H59N7O6/c1-9-26(7)33(44-35(47)29-18-20-45(51)21-19-29)38(50)42-31(17-16-28-14-12-11-13-15-28)36(48)41-30(22-24(3)4)23-40-27(8)34(46)43-32(25(5)6)37(49)39-10-2/h11-15,18-21,24-27,30-33,40H,9-10,16-17,22-23H2,1-8H3,(H,39,49)(H,41,48)(H,42,50)(H,43,46)(H,44,47)/t26-,27-,30-,31-,32-,33-/m0/s1. The zero-order valence-corrected chi connectivity index (χ0v) is 31.5. The Morgan fingerprint density at radius 1 is 0.745 bits per heavy atom. The van der Waals surface area contributed by atoms with E-state index in [2.05, 4.69) is 31.9 Å². The second-order valence-corrected chi connectivity index (χ2v) is 14.0. The molecule has 51 heavy (non-hydrogen) atoms. The molecule has 0 saturated carbocycles. The van der Waals surface area contributed by atoms with E-state index in [9.17, 15) is 29.2 Å². The number of hydrogen-bond donors (Lipinski definition) is 6. The van der Waals surface area contributed by atoms with Gasteiger partial charge < -0.3 is 37.1 Å². The van der Waals surface area contributed by atoms with Crippen LogP contribution in [0.1, 0.15) is 90.6 Å². The summed E-state index contributed by atoms with van der Waals surface area (Å²) in [7, 11) is 0. The summed E-state index contributed by atoms with van der Waals surface area (Å²) in [6.07, 6.45) is 4.44. The lowest BCUT2D eigenvalue weighted by Gasteiger charge is -2.29. The topological polar surface area (TPSA) is 184 Å². The van der Waals surface area contributed by atoms with E-state index in [4.69, 9.17) is 0 Å². The van der Waals surface area contributed by atoms with Crippen molar-refractivity contribution in [1.82, 2.24) is 31.9 Å². The highest BCUT2D eigenvalue weighted by Gasteiger charge is 2.32. The van der Waals surface area contributed by atoms with Gasteiger partial charge >= 0.3 is 0 Å². The van der Waals surface area contributed by atoms with Crippen LogP contribution in [0.25, 0.3) is 0 Å². The van der Waals surface area contributed by atoms with Gasteiger partial charge in [-0.1, -0.05) is 78.3 Å². The summed E-state index contributed by atoms with van der Waals surface area (Å²) in [5, 5.41) is 29.1. The minimum atomic E-state index is -0.935. The third-order valence-corrected chi connectivity index (χ3v) is 8.81. The van der Waals surface area contributed by atoms with Crippen LogP contribution in [0, 0.1) is 23.0 Å². The molecule has 0 aliphatic carbocycles. The second kappa shape index (κ2) is 21.6. The maximum Gasteiger partial charge on any atom is 0.252 e. The first-order chi connectivity index (χ1) is 24.2. The fraction of sp³-hybridized carbons (Fsp3) is 0.579. The monoisotopic (exact) mass is 709 g/mol. The van der Waals surface area contributed by atoms with Crippen molar-refractivity contribution in [3.63, 3.8) is 0 Å². The van der Waals surface area contributed by atoms with Crippen molar-refractivity contribution in [1.29, 1.82) is 0 Å². The number of likely N-dealkylation sites (N-methyl/N-ethyl adjacent to an activating group) is 1. The third-order valence-electron chi connectivity index (χ3n) is 8.81. The first-order valence-electron chi connectivity index (χ1n) is 18.1. The van der Waals surface area contributed by atoms with Crippen molar-refractivity contribution < 1.29 is 28.7 Å². The Hall–Kier alpha value is -4.52. The lowest BCUT2D eigenvalue weighted by molar-refractivity contribution is -0.605. The van der Waals surface area contributed by atoms with E-state index < -0.39 is 36.0 Å². The number of nitrogens with one attached hydrogen (secondary N) is 6. The summed E-state index contributed by atoms with van der Waals surface area (Å²) in [4.78, 5) is 66.4. The first kappa shape index (κ1) is 42.6. The lowest BCUT2D eigenvalue weighted by Crippen LogP contribution is -2.58. The summed E-state index contributed by atoms with van der Waals surface area (Å²) in [5.74, 6) is -2.10. The Bertz CT molecular complexity index is 1400. The Labute approximate surface area is 303 Å². The normalized spacial score (nSPS) is 14.8. The molecule has 0 bridgehead atoms. The van der Waals surface area contributed by atoms with Crippen molar-refractivity contribution in [2.24, 2.45) is 17.8 Å². The molecule has 0 aliphatic heterocycles. The Morgan fingerprint density at radius 3 is 1.96 bits per heavy atom. The van der Waals surface area contributed by atoms with Crippen LogP contribution in [-0.2, 0) is 25.6 Å². The smallest absolute Gasteiger partial charge is 0.252 e. The van der Waals surface area contributed by atoms with Crippen LogP contribution in [0.2, 0.25) is 0 Å². The molecule has 1 aromatic heterocycles. The molecule has 13 nitrogen and oxygen atoms in total. The molecule has 13 heteroatoms. The van der Waals surface area contributed by atoms with Crippen LogP contribution in [0.15, 0.2) is 54.9 Å².